The summed E-state index contributed by atoms with van der Waals surface area (Å²) in [7, 11) is 2.75. The van der Waals surface area contributed by atoms with Gasteiger partial charge in [-0.3, -0.25) is 9.50 Å². The lowest BCUT2D eigenvalue weighted by atomic mass is 10.1. The van der Waals surface area contributed by atoms with Crippen LogP contribution in [0.15, 0.2) is 0 Å². The fourth-order valence-electron chi connectivity index (χ4n) is 2.73. The normalized spacial score (nSPS) is 10.1. The van der Waals surface area contributed by atoms with Crippen LogP contribution in [0.1, 0.15) is 112 Å². The Labute approximate surface area is 188 Å². The van der Waals surface area contributed by atoms with Gasteiger partial charge in [-0.05, 0) is 13.3 Å². The predicted octanol–water partition coefficient (Wildman–Crippen LogP) is 7.31. The van der Waals surface area contributed by atoms with E-state index in [1.54, 1.807) is 28.3 Å². The van der Waals surface area contributed by atoms with Crippen LogP contribution in [0.25, 0.3) is 0 Å². The van der Waals surface area contributed by atoms with Crippen molar-refractivity contribution >= 4 is 14.8 Å². The number of esters is 1. The van der Waals surface area contributed by atoms with E-state index in [1.807, 2.05) is 0 Å². The molecule has 0 atom stereocenters. The summed E-state index contributed by atoms with van der Waals surface area (Å²) in [4.78, 5) is 9.82. The molecule has 30 heavy (non-hydrogen) atoms. The first-order chi connectivity index (χ1) is 13.9. The van der Waals surface area contributed by atoms with Crippen molar-refractivity contribution in [3.05, 3.63) is 0 Å². The molecule has 0 rings (SSSR count). The summed E-state index contributed by atoms with van der Waals surface area (Å²) < 4.78 is 20.6. The third-order valence-electron chi connectivity index (χ3n) is 4.57. The Balaban J connectivity index is -0.000000214. The maximum Gasteiger partial charge on any atom is 0.500 e. The number of hydrogen-bond donors (Lipinski definition) is 0. The molecule has 0 fully saturated rings. The maximum atomic E-state index is 9.82. The van der Waals surface area contributed by atoms with Crippen LogP contribution < -0.4 is 0 Å². The molecule has 0 radical (unpaired) electrons. The molecule has 7 heteroatoms. The van der Waals surface area contributed by atoms with Gasteiger partial charge in [0.1, 0.15) is 0 Å². The summed E-state index contributed by atoms with van der Waals surface area (Å²) in [6.45, 7) is 10.4. The number of unbranched alkanes of at least 4 members (excludes halogenated alkanes) is 10. The molecule has 0 heterocycles. The average Bonchev–Trinajstić information content (AvgIpc) is 2.72. The molecule has 186 valence electrons. The smallest absolute Gasteiger partial charge is 0.466 e. The molecule has 0 bridgehead atoms. The minimum absolute atomic E-state index is 0. The van der Waals surface area contributed by atoms with Gasteiger partial charge in [-0.15, -0.1) is 0 Å². The second-order valence-electron chi connectivity index (χ2n) is 7.15. The molecule has 0 aliphatic heterocycles. The Hall–Kier alpha value is -0.503. The standard InChI is InChI=1S/C13H30O3Si.C6H14.C4H8O2.FH/c1-5-6-7-8-9-10-11-12-13-17(14-2,15-3)16-4;1-3-5-6-4-2;1-3-6-4(2)5;/h5-13H2,1-4H3;3-6H2,1-2H3;3H2,1-2H3;1H. The molecule has 0 aliphatic carbocycles. The van der Waals surface area contributed by atoms with Crippen LogP contribution in [-0.2, 0) is 22.8 Å². The second kappa shape index (κ2) is 30.7. The molecule has 0 aromatic heterocycles. The van der Waals surface area contributed by atoms with Gasteiger partial charge in [0.15, 0.2) is 0 Å². The number of hydrogen-bond acceptors (Lipinski definition) is 5. The molecule has 0 aliphatic rings. The zero-order valence-electron chi connectivity index (χ0n) is 21.3. The average molecular weight is 457 g/mol. The highest BCUT2D eigenvalue weighted by Crippen LogP contribution is 2.18. The van der Waals surface area contributed by atoms with Crippen molar-refractivity contribution in [1.82, 2.24) is 0 Å². The zero-order valence-corrected chi connectivity index (χ0v) is 22.3. The fraction of sp³-hybridized carbons (Fsp3) is 0.957. The highest BCUT2D eigenvalue weighted by atomic mass is 28.4. The first kappa shape index (κ1) is 36.8. The van der Waals surface area contributed by atoms with E-state index in [4.69, 9.17) is 13.3 Å². The van der Waals surface area contributed by atoms with Crippen molar-refractivity contribution in [1.29, 1.82) is 0 Å². The third kappa shape index (κ3) is 29.7. The number of rotatable bonds is 16. The highest BCUT2D eigenvalue weighted by Gasteiger charge is 2.36. The minimum Gasteiger partial charge on any atom is -0.466 e. The molecule has 5 nitrogen and oxygen atoms in total. The van der Waals surface area contributed by atoms with E-state index in [0.29, 0.717) is 6.61 Å². The van der Waals surface area contributed by atoms with Crippen molar-refractivity contribution < 1.29 is 27.5 Å². The number of carbonyl (C=O) groups is 1. The molecule has 0 saturated heterocycles. The van der Waals surface area contributed by atoms with Gasteiger partial charge in [0.05, 0.1) is 6.61 Å². The van der Waals surface area contributed by atoms with E-state index in [1.165, 1.54) is 77.6 Å². The summed E-state index contributed by atoms with van der Waals surface area (Å²) >= 11 is 0. The highest BCUT2D eigenvalue weighted by molar-refractivity contribution is 6.60. The number of ether oxygens (including phenoxy) is 1. The molecule has 0 amide bonds. The van der Waals surface area contributed by atoms with Crippen LogP contribution in [0.5, 0.6) is 0 Å². The molecular formula is C23H53FO5Si. The SMILES string of the molecule is CCCCCC.CCCCCCCCCC[Si](OC)(OC)OC.CCOC(C)=O.F. The van der Waals surface area contributed by atoms with Crippen molar-refractivity contribution in [3.8, 4) is 0 Å². The lowest BCUT2D eigenvalue weighted by Crippen LogP contribution is -2.42. The van der Waals surface area contributed by atoms with Gasteiger partial charge in [0, 0.05) is 34.3 Å². The molecule has 0 saturated carbocycles. The van der Waals surface area contributed by atoms with Gasteiger partial charge < -0.3 is 18.0 Å². The molecule has 0 unspecified atom stereocenters. The van der Waals surface area contributed by atoms with Gasteiger partial charge in [-0.1, -0.05) is 91.4 Å². The first-order valence-corrected chi connectivity index (χ1v) is 13.6. The summed E-state index contributed by atoms with van der Waals surface area (Å²) in [5.41, 5.74) is 0. The van der Waals surface area contributed by atoms with E-state index in [2.05, 4.69) is 25.5 Å². The molecule has 0 aromatic rings. The Morgan fingerprint density at radius 1 is 0.633 bits per heavy atom. The lowest BCUT2D eigenvalue weighted by Gasteiger charge is -2.24. The Bertz CT molecular complexity index is 304. The maximum absolute atomic E-state index is 9.82. The van der Waals surface area contributed by atoms with E-state index >= 15 is 0 Å². The van der Waals surface area contributed by atoms with Crippen molar-refractivity contribution in [2.75, 3.05) is 27.9 Å². The Morgan fingerprint density at radius 2 is 0.967 bits per heavy atom. The van der Waals surface area contributed by atoms with Crippen LogP contribution in [0.4, 0.5) is 4.70 Å². The monoisotopic (exact) mass is 456 g/mol. The van der Waals surface area contributed by atoms with Crippen molar-refractivity contribution in [3.63, 3.8) is 0 Å². The van der Waals surface area contributed by atoms with Gasteiger partial charge in [0.2, 0.25) is 0 Å². The molecular weight excluding hydrogens is 403 g/mol. The zero-order chi connectivity index (χ0) is 22.8. The number of carbonyl (C=O) groups excluding carboxylic acids is 1. The molecule has 0 spiro atoms. The van der Waals surface area contributed by atoms with Crippen LogP contribution in [0, 0.1) is 0 Å². The minimum atomic E-state index is -2.30. The quantitative estimate of drug-likeness (QED) is 0.138. The largest absolute Gasteiger partial charge is 0.500 e. The van der Waals surface area contributed by atoms with E-state index in [-0.39, 0.29) is 10.7 Å². The van der Waals surface area contributed by atoms with Crippen LogP contribution >= 0.6 is 0 Å². The van der Waals surface area contributed by atoms with Gasteiger partial charge in [0.25, 0.3) is 0 Å². The van der Waals surface area contributed by atoms with E-state index < -0.39 is 8.80 Å². The number of halogens is 1. The van der Waals surface area contributed by atoms with Gasteiger partial charge in [-0.2, -0.15) is 0 Å². The topological polar surface area (TPSA) is 54.0 Å². The second-order valence-corrected chi connectivity index (χ2v) is 10.2. The molecule has 0 N–H and O–H groups in total. The summed E-state index contributed by atoms with van der Waals surface area (Å²) in [5, 5.41) is 0. The predicted molar refractivity (Wildman–Crippen MR) is 129 cm³/mol. The fourth-order valence-corrected chi connectivity index (χ4v) is 4.53. The van der Waals surface area contributed by atoms with Gasteiger partial charge >= 0.3 is 14.8 Å². The van der Waals surface area contributed by atoms with Crippen molar-refractivity contribution in [2.45, 2.75) is 118 Å². The van der Waals surface area contributed by atoms with E-state index in [0.717, 1.165) is 12.5 Å². The summed E-state index contributed by atoms with van der Waals surface area (Å²) in [6.07, 6.45) is 16.1. The summed E-state index contributed by atoms with van der Waals surface area (Å²) in [6, 6.07) is 0.936. The van der Waals surface area contributed by atoms with Crippen LogP contribution in [0.3, 0.4) is 0 Å². The van der Waals surface area contributed by atoms with Crippen LogP contribution in [-0.4, -0.2) is 42.7 Å². The van der Waals surface area contributed by atoms with Crippen molar-refractivity contribution in [2.24, 2.45) is 0 Å². The van der Waals surface area contributed by atoms with Gasteiger partial charge in [-0.25, -0.2) is 0 Å². The van der Waals surface area contributed by atoms with Crippen LogP contribution in [0.2, 0.25) is 6.04 Å². The summed E-state index contributed by atoms with van der Waals surface area (Å²) in [5.74, 6) is -0.211. The first-order valence-electron chi connectivity index (χ1n) is 11.7. The third-order valence-corrected chi connectivity index (χ3v) is 7.41. The van der Waals surface area contributed by atoms with E-state index in [9.17, 15) is 4.79 Å². The Morgan fingerprint density at radius 3 is 1.23 bits per heavy atom. The lowest BCUT2D eigenvalue weighted by molar-refractivity contribution is -0.140. The molecule has 0 aromatic carbocycles. The Kier molecular flexibility index (Phi) is 37.7.